The molecule has 0 aliphatic carbocycles. The van der Waals surface area contributed by atoms with E-state index in [2.05, 4.69) is 9.47 Å². The third kappa shape index (κ3) is 5.20. The Morgan fingerprint density at radius 2 is 1.52 bits per heavy atom. The van der Waals surface area contributed by atoms with E-state index in [1.807, 2.05) is 0 Å². The average molecular weight is 421 g/mol. The van der Waals surface area contributed by atoms with Crippen LogP contribution in [-0.4, -0.2) is 51.4 Å². The predicted octanol–water partition coefficient (Wildman–Crippen LogP) is 1.93. The smallest absolute Gasteiger partial charge is 0.328 e. The Hall–Kier alpha value is -2.13. The molecule has 27 heavy (non-hydrogen) atoms. The van der Waals surface area contributed by atoms with Crippen molar-refractivity contribution in [3.8, 4) is 0 Å². The van der Waals surface area contributed by atoms with Crippen molar-refractivity contribution in [3.05, 3.63) is 29.3 Å². The molecule has 0 bridgehead atoms. The number of carbonyl (C=O) groups is 3. The van der Waals surface area contributed by atoms with Crippen LogP contribution in [0.15, 0.2) is 29.2 Å². The summed E-state index contributed by atoms with van der Waals surface area (Å²) in [5.41, 5.74) is 0. The Morgan fingerprint density at radius 1 is 1.00 bits per heavy atom. The number of benzene rings is 1. The molecular weight excluding hydrogens is 400 g/mol. The largest absolute Gasteiger partial charge is 0.469 e. The van der Waals surface area contributed by atoms with Crippen LogP contribution in [0.4, 0.5) is 0 Å². The molecule has 0 radical (unpaired) electrons. The van der Waals surface area contributed by atoms with Gasteiger partial charge in [0.25, 0.3) is 0 Å². The second kappa shape index (κ2) is 9.18. The molecule has 1 rings (SSSR count). The zero-order chi connectivity index (χ0) is 20.8. The number of esters is 3. The third-order valence-electron chi connectivity index (χ3n) is 3.65. The molecule has 0 amide bonds. The summed E-state index contributed by atoms with van der Waals surface area (Å²) in [6, 6.07) is 4.95. The number of rotatable bonds is 8. The molecular formula is C17H21ClO8S. The summed E-state index contributed by atoms with van der Waals surface area (Å²) >= 11 is 5.78. The summed E-state index contributed by atoms with van der Waals surface area (Å²) in [6.45, 7) is 3.12. The first-order valence-electron chi connectivity index (χ1n) is 7.85. The quantitative estimate of drug-likeness (QED) is 0.463. The minimum Gasteiger partial charge on any atom is -0.469 e. The fourth-order valence-corrected chi connectivity index (χ4v) is 4.37. The second-order valence-corrected chi connectivity index (χ2v) is 8.61. The van der Waals surface area contributed by atoms with Crippen molar-refractivity contribution in [3.63, 3.8) is 0 Å². The SMILES string of the molecule is COC(=O)CC(CC(=O)OC(C)C)(C(=O)OC)S(=O)(=O)c1ccc(Cl)cc1. The lowest BCUT2D eigenvalue weighted by atomic mass is 10.0. The fraction of sp³-hybridized carbons (Fsp3) is 0.471. The van der Waals surface area contributed by atoms with Gasteiger partial charge in [-0.1, -0.05) is 11.6 Å². The number of hydrogen-bond acceptors (Lipinski definition) is 8. The summed E-state index contributed by atoms with van der Waals surface area (Å²) in [5, 5.41) is 0.268. The van der Waals surface area contributed by atoms with E-state index in [9.17, 15) is 22.8 Å². The predicted molar refractivity (Wildman–Crippen MR) is 95.9 cm³/mol. The summed E-state index contributed by atoms with van der Waals surface area (Å²) < 4.78 is 38.2. The van der Waals surface area contributed by atoms with E-state index in [4.69, 9.17) is 16.3 Å². The van der Waals surface area contributed by atoms with Gasteiger partial charge < -0.3 is 14.2 Å². The molecule has 0 spiro atoms. The van der Waals surface area contributed by atoms with Crippen molar-refractivity contribution >= 4 is 39.3 Å². The van der Waals surface area contributed by atoms with E-state index >= 15 is 0 Å². The Balaban J connectivity index is 3.61. The van der Waals surface area contributed by atoms with Gasteiger partial charge in [0.2, 0.25) is 0 Å². The fourth-order valence-electron chi connectivity index (χ4n) is 2.37. The highest BCUT2D eigenvalue weighted by Gasteiger charge is 2.56. The molecule has 0 N–H and O–H groups in total. The van der Waals surface area contributed by atoms with Crippen LogP contribution in [0.2, 0.25) is 5.02 Å². The molecule has 1 aromatic rings. The monoisotopic (exact) mass is 420 g/mol. The van der Waals surface area contributed by atoms with Gasteiger partial charge in [-0.2, -0.15) is 0 Å². The summed E-state index contributed by atoms with van der Waals surface area (Å²) in [7, 11) is -2.57. The highest BCUT2D eigenvalue weighted by molar-refractivity contribution is 7.93. The van der Waals surface area contributed by atoms with Gasteiger partial charge in [0, 0.05) is 5.02 Å². The lowest BCUT2D eigenvalue weighted by Crippen LogP contribution is -2.51. The maximum Gasteiger partial charge on any atom is 0.328 e. The molecule has 0 aromatic heterocycles. The molecule has 0 saturated carbocycles. The maximum atomic E-state index is 13.3. The molecule has 150 valence electrons. The van der Waals surface area contributed by atoms with Crippen LogP contribution < -0.4 is 0 Å². The van der Waals surface area contributed by atoms with E-state index in [1.54, 1.807) is 13.8 Å². The summed E-state index contributed by atoms with van der Waals surface area (Å²) in [4.78, 5) is 36.4. The van der Waals surface area contributed by atoms with E-state index < -0.39 is 51.4 Å². The number of carbonyl (C=O) groups excluding carboxylic acids is 3. The van der Waals surface area contributed by atoms with Crippen LogP contribution in [0.1, 0.15) is 26.7 Å². The molecule has 8 nitrogen and oxygen atoms in total. The molecule has 10 heteroatoms. The zero-order valence-corrected chi connectivity index (χ0v) is 16.9. The van der Waals surface area contributed by atoms with Gasteiger partial charge in [0.1, 0.15) is 0 Å². The maximum absolute atomic E-state index is 13.3. The molecule has 0 aliphatic heterocycles. The third-order valence-corrected chi connectivity index (χ3v) is 6.28. The van der Waals surface area contributed by atoms with Crippen LogP contribution in [-0.2, 0) is 38.4 Å². The molecule has 1 unspecified atom stereocenters. The number of sulfone groups is 1. The minimum absolute atomic E-state index is 0.268. The van der Waals surface area contributed by atoms with Gasteiger partial charge in [0.05, 0.1) is 38.1 Å². The van der Waals surface area contributed by atoms with Crippen LogP contribution >= 0.6 is 11.6 Å². The van der Waals surface area contributed by atoms with Gasteiger partial charge in [-0.15, -0.1) is 0 Å². The normalized spacial score (nSPS) is 13.6. The number of methoxy groups -OCH3 is 2. The first-order valence-corrected chi connectivity index (χ1v) is 9.71. The molecule has 0 heterocycles. The second-order valence-electron chi connectivity index (χ2n) is 5.91. The Morgan fingerprint density at radius 3 is 1.96 bits per heavy atom. The van der Waals surface area contributed by atoms with Crippen LogP contribution in [0.3, 0.4) is 0 Å². The number of halogens is 1. The van der Waals surface area contributed by atoms with Gasteiger partial charge in [-0.05, 0) is 38.1 Å². The highest BCUT2D eigenvalue weighted by Crippen LogP contribution is 2.35. The van der Waals surface area contributed by atoms with Crippen LogP contribution in [0.5, 0.6) is 0 Å². The highest BCUT2D eigenvalue weighted by atomic mass is 35.5. The first kappa shape index (κ1) is 22.9. The van der Waals surface area contributed by atoms with Gasteiger partial charge in [-0.3, -0.25) is 14.4 Å². The van der Waals surface area contributed by atoms with Crippen LogP contribution in [0.25, 0.3) is 0 Å². The molecule has 0 fully saturated rings. The number of ether oxygens (including phenoxy) is 3. The van der Waals surface area contributed by atoms with Crippen molar-refractivity contribution in [2.45, 2.75) is 42.4 Å². The van der Waals surface area contributed by atoms with Gasteiger partial charge in [0.15, 0.2) is 14.6 Å². The standard InChI is InChI=1S/C17H21ClO8S/c1-11(2)26-15(20)10-17(16(21)25-4,9-14(19)24-3)27(22,23)13-7-5-12(18)6-8-13/h5-8,11H,9-10H2,1-4H3. The topological polar surface area (TPSA) is 113 Å². The number of hydrogen-bond donors (Lipinski definition) is 0. The molecule has 0 saturated heterocycles. The van der Waals surface area contributed by atoms with Crippen molar-refractivity contribution in [2.24, 2.45) is 0 Å². The van der Waals surface area contributed by atoms with Crippen molar-refractivity contribution in [1.29, 1.82) is 0 Å². The van der Waals surface area contributed by atoms with E-state index in [-0.39, 0.29) is 9.92 Å². The van der Waals surface area contributed by atoms with E-state index in [0.717, 1.165) is 14.2 Å². The summed E-state index contributed by atoms with van der Waals surface area (Å²) in [5.74, 6) is -3.25. The van der Waals surface area contributed by atoms with Gasteiger partial charge >= 0.3 is 17.9 Å². The first-order chi connectivity index (χ1) is 12.5. The summed E-state index contributed by atoms with van der Waals surface area (Å²) in [6.07, 6.45) is -2.39. The van der Waals surface area contributed by atoms with E-state index in [1.165, 1.54) is 24.3 Å². The molecule has 1 atom stereocenters. The van der Waals surface area contributed by atoms with Crippen molar-refractivity contribution in [1.82, 2.24) is 0 Å². The Labute approximate surface area is 162 Å². The van der Waals surface area contributed by atoms with Crippen LogP contribution in [0, 0.1) is 0 Å². The Kier molecular flexibility index (Phi) is 7.79. The van der Waals surface area contributed by atoms with E-state index in [0.29, 0.717) is 0 Å². The average Bonchev–Trinajstić information content (AvgIpc) is 2.59. The lowest BCUT2D eigenvalue weighted by Gasteiger charge is -2.29. The van der Waals surface area contributed by atoms with Gasteiger partial charge in [-0.25, -0.2) is 8.42 Å². The minimum atomic E-state index is -4.56. The van der Waals surface area contributed by atoms with Crippen molar-refractivity contribution in [2.75, 3.05) is 14.2 Å². The van der Waals surface area contributed by atoms with Crippen molar-refractivity contribution < 1.29 is 37.0 Å². The zero-order valence-electron chi connectivity index (χ0n) is 15.4. The Bertz CT molecular complexity index is 801. The molecule has 0 aliphatic rings. The lowest BCUT2D eigenvalue weighted by molar-refractivity contribution is -0.156. The molecule has 1 aromatic carbocycles.